The summed E-state index contributed by atoms with van der Waals surface area (Å²) < 4.78 is 119. The topological polar surface area (TPSA) is 146 Å². The van der Waals surface area contributed by atoms with E-state index < -0.39 is 87.7 Å². The summed E-state index contributed by atoms with van der Waals surface area (Å²) in [7, 11) is -2.44. The third-order valence-electron chi connectivity index (χ3n) is 11.7. The molecule has 4 aromatic carbocycles. The van der Waals surface area contributed by atoms with Gasteiger partial charge in [0.1, 0.15) is 35.4 Å². The minimum absolute atomic E-state index is 0.000355. The Morgan fingerprint density at radius 1 is 0.984 bits per heavy atom. The molecule has 9 rings (SSSR count). The van der Waals surface area contributed by atoms with E-state index in [2.05, 4.69) is 20.2 Å². The van der Waals surface area contributed by atoms with Crippen LogP contribution >= 0.6 is 11.6 Å². The number of nitrogens with one attached hydrogen (secondary N) is 2. The van der Waals surface area contributed by atoms with Gasteiger partial charge in [0, 0.05) is 31.0 Å². The fourth-order valence-corrected chi connectivity index (χ4v) is 9.57. The quantitative estimate of drug-likeness (QED) is 0.117. The van der Waals surface area contributed by atoms with Crippen LogP contribution in [0.3, 0.4) is 0 Å². The molecule has 0 aliphatic heterocycles. The highest BCUT2D eigenvalue weighted by Crippen LogP contribution is 2.68. The number of nitrogens with zero attached hydrogens (tertiary/aromatic N) is 6. The number of hydrogen-bond donors (Lipinski definition) is 2. The highest BCUT2D eigenvalue weighted by atomic mass is 35.5. The molecule has 3 aromatic heterocycles. The van der Waals surface area contributed by atoms with Gasteiger partial charge in [0.2, 0.25) is 15.9 Å². The third kappa shape index (κ3) is 7.57. The smallest absolute Gasteiger partial charge is 0.293 e. The first-order valence-electron chi connectivity index (χ1n) is 20.0. The molecule has 2 N–H and O–H groups in total. The summed E-state index contributed by atoms with van der Waals surface area (Å²) in [6.07, 6.45) is -2.74. The molecule has 2 aliphatic carbocycles. The van der Waals surface area contributed by atoms with E-state index in [1.807, 2.05) is 38.1 Å². The maximum absolute atomic E-state index is 15.6. The molecule has 3 atom stereocenters. The monoisotopic (exact) mass is 922 g/mol. The second-order valence-electron chi connectivity index (χ2n) is 16.5. The first-order valence-corrected chi connectivity index (χ1v) is 22.3. The standard InChI is InChI=1S/C44H37ClF6N8O4S/c1-20(2)22-6-5-7-23(15-22)24-8-9-27-31(16-24)53-42(59(43(27)61)33-11-10-30(45)36-38(33)57(3)55-41(36)56-64(4,62)63)32(14-21-12-25(46)17-26(47)13-21)52-34(60)19-58-39-35(37(54-58)40(48)49)28-18-29(28)44(39,50)51/h5-13,15-17,20,28-29,32,40H,14,18-19H2,1-4H3,(H,52,60)(H,55,56)/t28?,29?,32-/m0/s1. The van der Waals surface area contributed by atoms with Gasteiger partial charge in [-0.2, -0.15) is 19.0 Å². The van der Waals surface area contributed by atoms with Crippen molar-refractivity contribution in [3.8, 4) is 16.8 Å². The van der Waals surface area contributed by atoms with E-state index in [1.165, 1.54) is 23.9 Å². The second kappa shape index (κ2) is 15.5. The van der Waals surface area contributed by atoms with Crippen molar-refractivity contribution in [3.63, 3.8) is 0 Å². The molecule has 2 unspecified atom stereocenters. The predicted octanol–water partition coefficient (Wildman–Crippen LogP) is 8.81. The fraction of sp³-hybridized carbons (Fsp3) is 0.295. The average Bonchev–Trinajstić information content (AvgIpc) is 3.75. The molecule has 2 aliphatic rings. The van der Waals surface area contributed by atoms with Crippen LogP contribution in [0.15, 0.2) is 77.6 Å². The summed E-state index contributed by atoms with van der Waals surface area (Å²) in [6, 6.07) is 16.6. The molecule has 1 saturated carbocycles. The largest absolute Gasteiger partial charge is 0.344 e. The second-order valence-corrected chi connectivity index (χ2v) is 18.7. The van der Waals surface area contributed by atoms with Crippen LogP contribution in [0, 0.1) is 17.6 Å². The molecule has 1 amide bonds. The van der Waals surface area contributed by atoms with Gasteiger partial charge in [-0.15, -0.1) is 0 Å². The zero-order valence-corrected chi connectivity index (χ0v) is 35.9. The van der Waals surface area contributed by atoms with Crippen molar-refractivity contribution >= 4 is 55.2 Å². The first kappa shape index (κ1) is 43.1. The van der Waals surface area contributed by atoms with Crippen molar-refractivity contribution in [3.05, 3.63) is 134 Å². The minimum Gasteiger partial charge on any atom is -0.344 e. The lowest BCUT2D eigenvalue weighted by atomic mass is 9.97. The molecule has 1 fully saturated rings. The number of sulfonamides is 1. The minimum atomic E-state index is -3.91. The lowest BCUT2D eigenvalue weighted by molar-refractivity contribution is -0.123. The van der Waals surface area contributed by atoms with Gasteiger partial charge in [-0.05, 0) is 76.9 Å². The highest BCUT2D eigenvalue weighted by molar-refractivity contribution is 7.92. The molecule has 0 spiro atoms. The van der Waals surface area contributed by atoms with Crippen LogP contribution in [0.5, 0.6) is 0 Å². The maximum Gasteiger partial charge on any atom is 0.293 e. The SMILES string of the molecule is CC(C)c1cccc(-c2ccc3c(=O)n(-c4ccc(Cl)c5c(NS(C)(=O)=O)nn(C)c45)c([C@H](Cc4cc(F)cc(F)c4)NC(=O)Cn4nc(C(F)F)c5c4C(F)(F)C4CC54)nc3c2)c1. The zero-order valence-electron chi connectivity index (χ0n) is 34.3. The maximum atomic E-state index is 15.6. The number of aryl methyl sites for hydroxylation is 1. The van der Waals surface area contributed by atoms with Crippen molar-refractivity contribution in [2.45, 2.75) is 63.5 Å². The Morgan fingerprint density at radius 3 is 2.39 bits per heavy atom. The number of carbonyl (C=O) groups is 1. The predicted molar refractivity (Wildman–Crippen MR) is 227 cm³/mol. The van der Waals surface area contributed by atoms with Gasteiger partial charge in [0.05, 0.1) is 44.8 Å². The van der Waals surface area contributed by atoms with Crippen LogP contribution in [-0.4, -0.2) is 49.7 Å². The summed E-state index contributed by atoms with van der Waals surface area (Å²) in [5, 5.41) is 11.0. The van der Waals surface area contributed by atoms with Gasteiger partial charge >= 0.3 is 0 Å². The zero-order chi connectivity index (χ0) is 45.7. The normalized spacial score (nSPS) is 17.0. The lowest BCUT2D eigenvalue weighted by Gasteiger charge is -2.24. The van der Waals surface area contributed by atoms with Crippen LogP contribution in [0.4, 0.5) is 32.2 Å². The van der Waals surface area contributed by atoms with Crippen molar-refractivity contribution < 1.29 is 39.6 Å². The third-order valence-corrected chi connectivity index (χ3v) is 12.6. The van der Waals surface area contributed by atoms with Gasteiger partial charge in [-0.3, -0.25) is 28.2 Å². The molecule has 0 bridgehead atoms. The van der Waals surface area contributed by atoms with E-state index in [4.69, 9.17) is 16.6 Å². The van der Waals surface area contributed by atoms with Gasteiger partial charge in [0.15, 0.2) is 5.82 Å². The Bertz CT molecular complexity index is 3240. The van der Waals surface area contributed by atoms with Crippen molar-refractivity contribution in [2.24, 2.45) is 13.0 Å². The van der Waals surface area contributed by atoms with Crippen LogP contribution in [0.2, 0.25) is 5.02 Å². The molecular formula is C44H37ClF6N8O4S. The van der Waals surface area contributed by atoms with E-state index in [1.54, 1.807) is 18.2 Å². The van der Waals surface area contributed by atoms with Gasteiger partial charge < -0.3 is 5.32 Å². The van der Waals surface area contributed by atoms with E-state index in [0.29, 0.717) is 16.3 Å². The molecule has 7 aromatic rings. The Labute approximate surface area is 365 Å². The van der Waals surface area contributed by atoms with Gasteiger partial charge in [-0.1, -0.05) is 55.8 Å². The first-order chi connectivity index (χ1) is 30.2. The fourth-order valence-electron chi connectivity index (χ4n) is 8.84. The summed E-state index contributed by atoms with van der Waals surface area (Å²) in [5.74, 6) is -8.75. The van der Waals surface area contributed by atoms with Crippen molar-refractivity contribution in [2.75, 3.05) is 11.0 Å². The number of halogens is 7. The van der Waals surface area contributed by atoms with E-state index in [0.717, 1.165) is 34.1 Å². The van der Waals surface area contributed by atoms with Crippen LogP contribution in [0.1, 0.15) is 78.5 Å². The van der Waals surface area contributed by atoms with E-state index >= 15 is 13.6 Å². The van der Waals surface area contributed by atoms with Gasteiger partial charge in [-0.25, -0.2) is 31.0 Å². The Hall–Kier alpha value is -6.21. The molecule has 12 nitrogen and oxygen atoms in total. The van der Waals surface area contributed by atoms with Crippen molar-refractivity contribution in [1.29, 1.82) is 0 Å². The Balaban J connectivity index is 1.26. The molecule has 0 saturated heterocycles. The summed E-state index contributed by atoms with van der Waals surface area (Å²) >= 11 is 6.66. The number of fused-ring (bicyclic) bond motifs is 5. The molecule has 0 radical (unpaired) electrons. The lowest BCUT2D eigenvalue weighted by Crippen LogP contribution is -2.38. The van der Waals surface area contributed by atoms with Gasteiger partial charge in [0.25, 0.3) is 17.9 Å². The van der Waals surface area contributed by atoms with Crippen LogP contribution in [-0.2, 0) is 40.8 Å². The number of benzene rings is 4. The summed E-state index contributed by atoms with van der Waals surface area (Å²) in [4.78, 5) is 34.3. The number of carbonyl (C=O) groups excluding carboxylic acids is 1. The summed E-state index contributed by atoms with van der Waals surface area (Å²) in [6.45, 7) is 3.10. The average molecular weight is 923 g/mol. The molecule has 64 heavy (non-hydrogen) atoms. The molecular weight excluding hydrogens is 886 g/mol. The highest BCUT2D eigenvalue weighted by Gasteiger charge is 2.67. The number of alkyl halides is 4. The van der Waals surface area contributed by atoms with E-state index in [-0.39, 0.29) is 67.6 Å². The van der Waals surface area contributed by atoms with Crippen LogP contribution < -0.4 is 15.6 Å². The number of rotatable bonds is 12. The molecule has 332 valence electrons. The Kier molecular flexibility index (Phi) is 10.4. The van der Waals surface area contributed by atoms with Crippen LogP contribution in [0.25, 0.3) is 38.6 Å². The number of aromatic nitrogens is 6. The summed E-state index contributed by atoms with van der Waals surface area (Å²) in [5.41, 5.74) is 0.164. The Morgan fingerprint density at radius 2 is 1.70 bits per heavy atom. The molecule has 3 heterocycles. The van der Waals surface area contributed by atoms with Crippen molar-refractivity contribution in [1.82, 2.24) is 34.4 Å². The molecule has 20 heteroatoms. The number of hydrogen-bond acceptors (Lipinski definition) is 7. The number of amides is 1. The number of anilines is 1. The van der Waals surface area contributed by atoms with E-state index in [9.17, 15) is 30.8 Å².